The van der Waals surface area contributed by atoms with Gasteiger partial charge < -0.3 is 5.11 Å². The van der Waals surface area contributed by atoms with E-state index < -0.39 is 0 Å². The number of hydrazone groups is 1. The van der Waals surface area contributed by atoms with E-state index in [0.717, 1.165) is 31.2 Å². The highest BCUT2D eigenvalue weighted by Crippen LogP contribution is 2.23. The van der Waals surface area contributed by atoms with E-state index in [1.807, 2.05) is 0 Å². The number of carbonyl (C=O) groups excluding carboxylic acids is 1. The summed E-state index contributed by atoms with van der Waals surface area (Å²) >= 11 is 0. The Morgan fingerprint density at radius 3 is 2.56 bits per heavy atom. The highest BCUT2D eigenvalue weighted by atomic mass is 16.3. The fourth-order valence-corrected chi connectivity index (χ4v) is 2.19. The normalized spacial score (nSPS) is 16.9. The second kappa shape index (κ2) is 6.19. The molecule has 1 fully saturated rings. The van der Waals surface area contributed by atoms with Crippen molar-refractivity contribution in [2.75, 3.05) is 0 Å². The zero-order valence-corrected chi connectivity index (χ0v) is 10.3. The van der Waals surface area contributed by atoms with Crippen LogP contribution in [0, 0.1) is 5.92 Å². The molecule has 1 saturated carbocycles. The van der Waals surface area contributed by atoms with Gasteiger partial charge >= 0.3 is 0 Å². The Balaban J connectivity index is 1.83. The largest absolute Gasteiger partial charge is 0.508 e. The van der Waals surface area contributed by atoms with E-state index >= 15 is 0 Å². The van der Waals surface area contributed by atoms with Crippen LogP contribution in [0.3, 0.4) is 0 Å². The quantitative estimate of drug-likeness (QED) is 0.635. The minimum absolute atomic E-state index is 0.0183. The summed E-state index contributed by atoms with van der Waals surface area (Å²) in [4.78, 5) is 11.8. The molecule has 0 unspecified atom stereocenters. The topological polar surface area (TPSA) is 61.7 Å². The molecule has 4 nitrogen and oxygen atoms in total. The van der Waals surface area contributed by atoms with Crippen molar-refractivity contribution in [3.05, 3.63) is 29.8 Å². The number of nitrogens with zero attached hydrogens (tertiary/aromatic N) is 1. The molecule has 4 heteroatoms. The molecule has 96 valence electrons. The molecule has 0 radical (unpaired) electrons. The number of hydrogen-bond acceptors (Lipinski definition) is 3. The standard InChI is InChI=1S/C14H18N2O2/c17-13-8-6-11(7-9-13)10-15-16-14(18)12-4-2-1-3-5-12/h6-10,12,17H,1-5H2,(H,16,18). The molecule has 2 rings (SSSR count). The summed E-state index contributed by atoms with van der Waals surface area (Å²) in [5, 5.41) is 13.1. The molecule has 0 atom stereocenters. The number of benzene rings is 1. The SMILES string of the molecule is O=C(NN=Cc1ccc(O)cc1)C1CCCCC1. The molecule has 1 aromatic carbocycles. The summed E-state index contributed by atoms with van der Waals surface area (Å²) in [6, 6.07) is 6.66. The van der Waals surface area contributed by atoms with Crippen molar-refractivity contribution in [3.63, 3.8) is 0 Å². The van der Waals surface area contributed by atoms with Crippen molar-refractivity contribution in [3.8, 4) is 5.75 Å². The minimum Gasteiger partial charge on any atom is -0.508 e. The van der Waals surface area contributed by atoms with Crippen LogP contribution in [0.4, 0.5) is 0 Å². The second-order valence-electron chi connectivity index (χ2n) is 4.66. The van der Waals surface area contributed by atoms with Gasteiger partial charge in [0.2, 0.25) is 5.91 Å². The van der Waals surface area contributed by atoms with Crippen LogP contribution in [-0.4, -0.2) is 17.2 Å². The Labute approximate surface area is 107 Å². The number of rotatable bonds is 3. The van der Waals surface area contributed by atoms with Crippen molar-refractivity contribution in [1.29, 1.82) is 0 Å². The number of phenols is 1. The third-order valence-corrected chi connectivity index (χ3v) is 3.26. The van der Waals surface area contributed by atoms with Crippen LogP contribution in [0.25, 0.3) is 0 Å². The van der Waals surface area contributed by atoms with Crippen LogP contribution >= 0.6 is 0 Å². The Hall–Kier alpha value is -1.84. The monoisotopic (exact) mass is 246 g/mol. The highest BCUT2D eigenvalue weighted by Gasteiger charge is 2.20. The predicted molar refractivity (Wildman–Crippen MR) is 70.4 cm³/mol. The molecule has 0 spiro atoms. The lowest BCUT2D eigenvalue weighted by Crippen LogP contribution is -2.28. The first-order valence-electron chi connectivity index (χ1n) is 6.37. The molecule has 0 aliphatic heterocycles. The number of hydrogen-bond donors (Lipinski definition) is 2. The molecule has 2 N–H and O–H groups in total. The Morgan fingerprint density at radius 1 is 1.22 bits per heavy atom. The van der Waals surface area contributed by atoms with Gasteiger partial charge in [0.1, 0.15) is 5.75 Å². The summed E-state index contributed by atoms with van der Waals surface area (Å²) in [5.74, 6) is 0.360. The number of amides is 1. The zero-order chi connectivity index (χ0) is 12.8. The lowest BCUT2D eigenvalue weighted by atomic mass is 9.89. The van der Waals surface area contributed by atoms with Crippen LogP contribution < -0.4 is 5.43 Å². The van der Waals surface area contributed by atoms with Crippen molar-refractivity contribution >= 4 is 12.1 Å². The molecule has 0 saturated heterocycles. The maximum atomic E-state index is 11.8. The molecule has 0 aromatic heterocycles. The van der Waals surface area contributed by atoms with E-state index in [0.29, 0.717) is 0 Å². The fraction of sp³-hybridized carbons (Fsp3) is 0.429. The van der Waals surface area contributed by atoms with Crippen LogP contribution in [0.1, 0.15) is 37.7 Å². The molecule has 1 aromatic rings. The van der Waals surface area contributed by atoms with Gasteiger partial charge in [-0.3, -0.25) is 4.79 Å². The average molecular weight is 246 g/mol. The smallest absolute Gasteiger partial charge is 0.243 e. The van der Waals surface area contributed by atoms with Crippen molar-refractivity contribution < 1.29 is 9.90 Å². The summed E-state index contributed by atoms with van der Waals surface area (Å²) in [5.41, 5.74) is 3.43. The first kappa shape index (κ1) is 12.6. The van der Waals surface area contributed by atoms with Crippen LogP contribution in [0.5, 0.6) is 5.75 Å². The fourth-order valence-electron chi connectivity index (χ4n) is 2.19. The van der Waals surface area contributed by atoms with Crippen molar-refractivity contribution in [1.82, 2.24) is 5.43 Å². The number of aromatic hydroxyl groups is 1. The zero-order valence-electron chi connectivity index (χ0n) is 10.3. The third-order valence-electron chi connectivity index (χ3n) is 3.26. The maximum absolute atomic E-state index is 11.8. The van der Waals surface area contributed by atoms with Crippen molar-refractivity contribution in [2.24, 2.45) is 11.0 Å². The van der Waals surface area contributed by atoms with E-state index in [2.05, 4.69) is 10.5 Å². The van der Waals surface area contributed by atoms with Gasteiger partial charge in [0.25, 0.3) is 0 Å². The highest BCUT2D eigenvalue weighted by molar-refractivity contribution is 5.83. The van der Waals surface area contributed by atoms with Gasteiger partial charge in [-0.2, -0.15) is 5.10 Å². The number of nitrogens with one attached hydrogen (secondary N) is 1. The van der Waals surface area contributed by atoms with Gasteiger partial charge in [0.05, 0.1) is 6.21 Å². The number of carbonyl (C=O) groups is 1. The molecule has 0 heterocycles. The molecular formula is C14H18N2O2. The van der Waals surface area contributed by atoms with E-state index in [1.165, 1.54) is 6.42 Å². The predicted octanol–water partition coefficient (Wildman–Crippen LogP) is 2.42. The van der Waals surface area contributed by atoms with Gasteiger partial charge in [-0.05, 0) is 42.7 Å². The summed E-state index contributed by atoms with van der Waals surface area (Å²) in [6.07, 6.45) is 7.04. The first-order chi connectivity index (χ1) is 8.75. The Bertz CT molecular complexity index is 420. The number of phenolic OH excluding ortho intramolecular Hbond substituents is 1. The third kappa shape index (κ3) is 3.58. The van der Waals surface area contributed by atoms with Crippen LogP contribution in [0.2, 0.25) is 0 Å². The maximum Gasteiger partial charge on any atom is 0.243 e. The molecule has 18 heavy (non-hydrogen) atoms. The van der Waals surface area contributed by atoms with E-state index in [-0.39, 0.29) is 17.6 Å². The second-order valence-corrected chi connectivity index (χ2v) is 4.66. The van der Waals surface area contributed by atoms with Gasteiger partial charge in [-0.1, -0.05) is 19.3 Å². The van der Waals surface area contributed by atoms with E-state index in [9.17, 15) is 4.79 Å². The van der Waals surface area contributed by atoms with Crippen LogP contribution in [-0.2, 0) is 4.79 Å². The summed E-state index contributed by atoms with van der Waals surface area (Å²) in [6.45, 7) is 0. The lowest BCUT2D eigenvalue weighted by Gasteiger charge is -2.19. The molecule has 1 aliphatic rings. The molecule has 1 aliphatic carbocycles. The Morgan fingerprint density at radius 2 is 1.89 bits per heavy atom. The lowest BCUT2D eigenvalue weighted by molar-refractivity contribution is -0.125. The molecule has 1 amide bonds. The minimum atomic E-state index is 0.0183. The van der Waals surface area contributed by atoms with E-state index in [4.69, 9.17) is 5.11 Å². The molecule has 0 bridgehead atoms. The van der Waals surface area contributed by atoms with E-state index in [1.54, 1.807) is 30.5 Å². The van der Waals surface area contributed by atoms with Gasteiger partial charge in [-0.25, -0.2) is 5.43 Å². The van der Waals surface area contributed by atoms with Gasteiger partial charge in [0, 0.05) is 5.92 Å². The van der Waals surface area contributed by atoms with Gasteiger partial charge in [-0.15, -0.1) is 0 Å². The Kier molecular flexibility index (Phi) is 4.34. The first-order valence-corrected chi connectivity index (χ1v) is 6.37. The average Bonchev–Trinajstić information content (AvgIpc) is 2.42. The molecular weight excluding hydrogens is 228 g/mol. The van der Waals surface area contributed by atoms with Crippen molar-refractivity contribution in [2.45, 2.75) is 32.1 Å². The van der Waals surface area contributed by atoms with Gasteiger partial charge in [0.15, 0.2) is 0 Å². The van der Waals surface area contributed by atoms with Crippen LogP contribution in [0.15, 0.2) is 29.4 Å². The summed E-state index contributed by atoms with van der Waals surface area (Å²) < 4.78 is 0. The summed E-state index contributed by atoms with van der Waals surface area (Å²) in [7, 11) is 0.